The number of aryl methyl sites for hydroxylation is 1. The molecule has 1 aliphatic carbocycles. The van der Waals surface area contributed by atoms with Crippen molar-refractivity contribution in [2.75, 3.05) is 6.54 Å². The normalized spacial score (nSPS) is 16.1. The number of nitrogens with zero attached hydrogens (tertiary/aromatic N) is 3. The Hall–Kier alpha value is -1.20. The Balaban J connectivity index is 1.65. The molecule has 112 valence electrons. The highest BCUT2D eigenvalue weighted by Gasteiger charge is 2.22. The van der Waals surface area contributed by atoms with E-state index < -0.39 is 0 Å². The van der Waals surface area contributed by atoms with E-state index in [2.05, 4.69) is 55.6 Å². The van der Waals surface area contributed by atoms with Gasteiger partial charge < -0.3 is 5.32 Å². The molecule has 0 amide bonds. The summed E-state index contributed by atoms with van der Waals surface area (Å²) >= 11 is 3.49. The van der Waals surface area contributed by atoms with Crippen LogP contribution < -0.4 is 5.32 Å². The SMILES string of the molecule is Cn1ncnc1CC(CNC1CC1)Cc1ccc(Br)cc1. The van der Waals surface area contributed by atoms with Gasteiger partial charge in [-0.2, -0.15) is 5.10 Å². The maximum atomic E-state index is 4.37. The lowest BCUT2D eigenvalue weighted by Gasteiger charge is -2.17. The van der Waals surface area contributed by atoms with Gasteiger partial charge in [0.25, 0.3) is 0 Å². The summed E-state index contributed by atoms with van der Waals surface area (Å²) in [5.74, 6) is 1.62. The molecule has 1 saturated carbocycles. The molecule has 1 unspecified atom stereocenters. The van der Waals surface area contributed by atoms with Crippen LogP contribution in [-0.2, 0) is 19.9 Å². The van der Waals surface area contributed by atoms with E-state index in [1.807, 2.05) is 11.7 Å². The summed E-state index contributed by atoms with van der Waals surface area (Å²) in [6, 6.07) is 9.37. The fourth-order valence-corrected chi connectivity index (χ4v) is 2.82. The van der Waals surface area contributed by atoms with E-state index in [-0.39, 0.29) is 0 Å². The molecule has 1 heterocycles. The molecule has 3 rings (SSSR count). The van der Waals surface area contributed by atoms with Gasteiger partial charge in [0.1, 0.15) is 12.2 Å². The van der Waals surface area contributed by atoms with Crippen molar-refractivity contribution in [1.29, 1.82) is 0 Å². The molecular weight excluding hydrogens is 328 g/mol. The number of nitrogens with one attached hydrogen (secondary N) is 1. The van der Waals surface area contributed by atoms with E-state index in [1.54, 1.807) is 6.33 Å². The van der Waals surface area contributed by atoms with Crippen LogP contribution in [0.3, 0.4) is 0 Å². The molecule has 1 fully saturated rings. The average Bonchev–Trinajstić information content (AvgIpc) is 3.22. The quantitative estimate of drug-likeness (QED) is 0.836. The Morgan fingerprint density at radius 2 is 2.05 bits per heavy atom. The van der Waals surface area contributed by atoms with Crippen LogP contribution in [0.1, 0.15) is 24.2 Å². The minimum atomic E-state index is 0.551. The highest BCUT2D eigenvalue weighted by atomic mass is 79.9. The van der Waals surface area contributed by atoms with Gasteiger partial charge in [0, 0.05) is 24.0 Å². The van der Waals surface area contributed by atoms with Crippen molar-refractivity contribution >= 4 is 15.9 Å². The molecule has 21 heavy (non-hydrogen) atoms. The smallest absolute Gasteiger partial charge is 0.138 e. The molecule has 4 nitrogen and oxygen atoms in total. The summed E-state index contributed by atoms with van der Waals surface area (Å²) in [4.78, 5) is 4.37. The average molecular weight is 349 g/mol. The summed E-state index contributed by atoms with van der Waals surface area (Å²) in [7, 11) is 1.97. The van der Waals surface area contributed by atoms with Gasteiger partial charge in [-0.15, -0.1) is 0 Å². The van der Waals surface area contributed by atoms with E-state index in [4.69, 9.17) is 0 Å². The maximum absolute atomic E-state index is 4.37. The second kappa shape index (κ2) is 6.71. The largest absolute Gasteiger partial charge is 0.314 e. The maximum Gasteiger partial charge on any atom is 0.138 e. The third-order valence-electron chi connectivity index (χ3n) is 3.99. The molecular formula is C16H21BrN4. The lowest BCUT2D eigenvalue weighted by molar-refractivity contribution is 0.451. The van der Waals surface area contributed by atoms with Crippen molar-refractivity contribution in [3.8, 4) is 0 Å². The number of hydrogen-bond acceptors (Lipinski definition) is 3. The number of rotatable bonds is 7. The lowest BCUT2D eigenvalue weighted by Crippen LogP contribution is -2.28. The molecule has 0 aliphatic heterocycles. The van der Waals surface area contributed by atoms with Gasteiger partial charge in [0.2, 0.25) is 0 Å². The van der Waals surface area contributed by atoms with Crippen LogP contribution in [0, 0.1) is 5.92 Å². The van der Waals surface area contributed by atoms with Crippen LogP contribution in [-0.4, -0.2) is 27.4 Å². The number of hydrogen-bond donors (Lipinski definition) is 1. The molecule has 0 spiro atoms. The third-order valence-corrected chi connectivity index (χ3v) is 4.52. The number of aromatic nitrogens is 3. The molecule has 0 bridgehead atoms. The fraction of sp³-hybridized carbons (Fsp3) is 0.500. The van der Waals surface area contributed by atoms with E-state index in [0.29, 0.717) is 5.92 Å². The lowest BCUT2D eigenvalue weighted by atomic mass is 9.95. The van der Waals surface area contributed by atoms with Gasteiger partial charge in [0.05, 0.1) is 0 Å². The predicted octanol–water partition coefficient (Wildman–Crippen LogP) is 2.73. The van der Waals surface area contributed by atoms with Crippen molar-refractivity contribution in [1.82, 2.24) is 20.1 Å². The van der Waals surface area contributed by atoms with Crippen LogP contribution in [0.25, 0.3) is 0 Å². The molecule has 1 aromatic heterocycles. The first-order valence-electron chi connectivity index (χ1n) is 7.51. The van der Waals surface area contributed by atoms with Crippen molar-refractivity contribution in [2.24, 2.45) is 13.0 Å². The minimum Gasteiger partial charge on any atom is -0.314 e. The van der Waals surface area contributed by atoms with E-state index >= 15 is 0 Å². The second-order valence-electron chi connectivity index (χ2n) is 5.88. The standard InChI is InChI=1S/C16H21BrN4/c1-21-16(19-11-20-21)9-13(10-18-15-6-7-15)8-12-2-4-14(17)5-3-12/h2-5,11,13,15,18H,6-10H2,1H3. The summed E-state index contributed by atoms with van der Waals surface area (Å²) < 4.78 is 3.01. The Bertz CT molecular complexity index is 574. The van der Waals surface area contributed by atoms with Crippen molar-refractivity contribution in [3.63, 3.8) is 0 Å². The summed E-state index contributed by atoms with van der Waals surface area (Å²) in [5, 5.41) is 7.83. The zero-order valence-corrected chi connectivity index (χ0v) is 13.9. The Kier molecular flexibility index (Phi) is 4.70. The number of halogens is 1. The van der Waals surface area contributed by atoms with Crippen LogP contribution in [0.4, 0.5) is 0 Å². The molecule has 1 N–H and O–H groups in total. The molecule has 1 aromatic carbocycles. The van der Waals surface area contributed by atoms with E-state index in [9.17, 15) is 0 Å². The topological polar surface area (TPSA) is 42.7 Å². The first kappa shape index (κ1) is 14.7. The highest BCUT2D eigenvalue weighted by molar-refractivity contribution is 9.10. The van der Waals surface area contributed by atoms with Gasteiger partial charge in [-0.1, -0.05) is 28.1 Å². The van der Waals surface area contributed by atoms with E-state index in [1.165, 1.54) is 18.4 Å². The predicted molar refractivity (Wildman–Crippen MR) is 87.1 cm³/mol. The third kappa shape index (κ3) is 4.38. The fourth-order valence-electron chi connectivity index (χ4n) is 2.55. The van der Waals surface area contributed by atoms with Crippen LogP contribution >= 0.6 is 15.9 Å². The minimum absolute atomic E-state index is 0.551. The van der Waals surface area contributed by atoms with Crippen LogP contribution in [0.15, 0.2) is 35.1 Å². The van der Waals surface area contributed by atoms with Crippen LogP contribution in [0.5, 0.6) is 0 Å². The van der Waals surface area contributed by atoms with Gasteiger partial charge >= 0.3 is 0 Å². The first-order valence-corrected chi connectivity index (χ1v) is 8.30. The number of benzene rings is 1. The van der Waals surface area contributed by atoms with Crippen molar-refractivity contribution in [3.05, 3.63) is 46.5 Å². The zero-order chi connectivity index (χ0) is 14.7. The Morgan fingerprint density at radius 3 is 2.67 bits per heavy atom. The second-order valence-corrected chi connectivity index (χ2v) is 6.80. The van der Waals surface area contributed by atoms with Crippen molar-refractivity contribution < 1.29 is 0 Å². The van der Waals surface area contributed by atoms with Gasteiger partial charge in [-0.05, 0) is 49.4 Å². The van der Waals surface area contributed by atoms with Gasteiger partial charge in [-0.25, -0.2) is 4.98 Å². The first-order chi connectivity index (χ1) is 10.2. The monoisotopic (exact) mass is 348 g/mol. The Labute approximate surface area is 134 Å². The molecule has 1 aliphatic rings. The van der Waals surface area contributed by atoms with Crippen molar-refractivity contribution in [2.45, 2.75) is 31.7 Å². The van der Waals surface area contributed by atoms with Gasteiger partial charge in [-0.3, -0.25) is 4.68 Å². The van der Waals surface area contributed by atoms with Gasteiger partial charge in [0.15, 0.2) is 0 Å². The molecule has 1 atom stereocenters. The molecule has 0 radical (unpaired) electrons. The summed E-state index contributed by atoms with van der Waals surface area (Å²) in [5.41, 5.74) is 1.38. The Morgan fingerprint density at radius 1 is 1.29 bits per heavy atom. The van der Waals surface area contributed by atoms with E-state index in [0.717, 1.165) is 35.7 Å². The molecule has 5 heteroatoms. The summed E-state index contributed by atoms with van der Waals surface area (Å²) in [6.07, 6.45) is 6.33. The zero-order valence-electron chi connectivity index (χ0n) is 12.3. The highest BCUT2D eigenvalue weighted by Crippen LogP contribution is 2.21. The summed E-state index contributed by atoms with van der Waals surface area (Å²) in [6.45, 7) is 1.05. The molecule has 0 saturated heterocycles. The van der Waals surface area contributed by atoms with Crippen LogP contribution in [0.2, 0.25) is 0 Å². The molecule has 2 aromatic rings.